The Balaban J connectivity index is 1.92. The summed E-state index contributed by atoms with van der Waals surface area (Å²) in [7, 11) is 3.54. The SMILES string of the molecule is COc1nscc1CN(C)c1nccn2nnnc12. The van der Waals surface area contributed by atoms with E-state index in [0.717, 1.165) is 5.56 Å². The van der Waals surface area contributed by atoms with Gasteiger partial charge in [-0.1, -0.05) is 0 Å². The molecule has 9 heteroatoms. The lowest BCUT2D eigenvalue weighted by atomic mass is 10.3. The van der Waals surface area contributed by atoms with Crippen LogP contribution in [0.5, 0.6) is 5.88 Å². The first kappa shape index (κ1) is 11.8. The summed E-state index contributed by atoms with van der Waals surface area (Å²) < 4.78 is 10.9. The van der Waals surface area contributed by atoms with E-state index in [9.17, 15) is 0 Å². The average molecular weight is 277 g/mol. The molecule has 19 heavy (non-hydrogen) atoms. The summed E-state index contributed by atoms with van der Waals surface area (Å²) in [6.07, 6.45) is 3.37. The molecule has 0 spiro atoms. The molecule has 3 heterocycles. The number of rotatable bonds is 4. The first-order valence-electron chi connectivity index (χ1n) is 5.50. The number of aromatic nitrogens is 6. The Morgan fingerprint density at radius 2 is 2.37 bits per heavy atom. The quantitative estimate of drug-likeness (QED) is 0.691. The third-order valence-corrected chi connectivity index (χ3v) is 3.33. The van der Waals surface area contributed by atoms with Crippen molar-refractivity contribution in [2.45, 2.75) is 6.54 Å². The van der Waals surface area contributed by atoms with Crippen molar-refractivity contribution in [2.75, 3.05) is 19.1 Å². The normalized spacial score (nSPS) is 10.8. The van der Waals surface area contributed by atoms with Crippen LogP contribution < -0.4 is 9.64 Å². The van der Waals surface area contributed by atoms with Gasteiger partial charge in [0.2, 0.25) is 11.5 Å². The Bertz CT molecular complexity index is 694. The number of anilines is 1. The van der Waals surface area contributed by atoms with E-state index in [2.05, 4.69) is 24.9 Å². The highest BCUT2D eigenvalue weighted by Crippen LogP contribution is 2.23. The summed E-state index contributed by atoms with van der Waals surface area (Å²) >= 11 is 1.37. The smallest absolute Gasteiger partial charge is 0.229 e. The van der Waals surface area contributed by atoms with Gasteiger partial charge in [0.15, 0.2) is 5.82 Å². The molecule has 0 saturated heterocycles. The van der Waals surface area contributed by atoms with Crippen LogP contribution >= 0.6 is 11.5 Å². The van der Waals surface area contributed by atoms with Crippen molar-refractivity contribution in [3.63, 3.8) is 0 Å². The van der Waals surface area contributed by atoms with Gasteiger partial charge in [-0.15, -0.1) is 5.10 Å². The van der Waals surface area contributed by atoms with Crippen LogP contribution in [-0.4, -0.2) is 43.6 Å². The molecular weight excluding hydrogens is 266 g/mol. The van der Waals surface area contributed by atoms with Gasteiger partial charge in [-0.3, -0.25) is 0 Å². The van der Waals surface area contributed by atoms with Gasteiger partial charge in [-0.05, 0) is 22.0 Å². The minimum Gasteiger partial charge on any atom is -0.480 e. The molecule has 3 aromatic heterocycles. The van der Waals surface area contributed by atoms with Gasteiger partial charge in [0.1, 0.15) is 0 Å². The third kappa shape index (κ3) is 2.08. The summed E-state index contributed by atoms with van der Waals surface area (Å²) in [4.78, 5) is 6.28. The van der Waals surface area contributed by atoms with E-state index in [1.807, 2.05) is 17.3 Å². The van der Waals surface area contributed by atoms with E-state index in [0.29, 0.717) is 23.9 Å². The molecule has 0 bridgehead atoms. The van der Waals surface area contributed by atoms with Crippen molar-refractivity contribution in [1.29, 1.82) is 0 Å². The fraction of sp³-hybridized carbons (Fsp3) is 0.300. The molecule has 0 unspecified atom stereocenters. The topological polar surface area (TPSA) is 81.3 Å². The number of hydrogen-bond acceptors (Lipinski definition) is 8. The maximum absolute atomic E-state index is 5.20. The van der Waals surface area contributed by atoms with Gasteiger partial charge in [0, 0.05) is 24.2 Å². The molecule has 3 aromatic rings. The lowest BCUT2D eigenvalue weighted by Crippen LogP contribution is -2.19. The zero-order valence-electron chi connectivity index (χ0n) is 10.4. The van der Waals surface area contributed by atoms with E-state index < -0.39 is 0 Å². The summed E-state index contributed by atoms with van der Waals surface area (Å²) in [6.45, 7) is 0.624. The zero-order valence-corrected chi connectivity index (χ0v) is 11.2. The molecule has 3 rings (SSSR count). The second kappa shape index (κ2) is 4.76. The second-order valence-electron chi connectivity index (χ2n) is 3.90. The van der Waals surface area contributed by atoms with E-state index in [-0.39, 0.29) is 0 Å². The van der Waals surface area contributed by atoms with Gasteiger partial charge < -0.3 is 9.64 Å². The number of nitrogens with zero attached hydrogens (tertiary/aromatic N) is 7. The fourth-order valence-electron chi connectivity index (χ4n) is 1.79. The van der Waals surface area contributed by atoms with Crippen LogP contribution in [0.1, 0.15) is 5.56 Å². The fourth-order valence-corrected chi connectivity index (χ4v) is 2.43. The lowest BCUT2D eigenvalue weighted by Gasteiger charge is -2.17. The summed E-state index contributed by atoms with van der Waals surface area (Å²) in [5.74, 6) is 1.35. The number of tetrazole rings is 1. The predicted molar refractivity (Wildman–Crippen MR) is 69.4 cm³/mol. The molecule has 0 N–H and O–H groups in total. The van der Waals surface area contributed by atoms with E-state index in [4.69, 9.17) is 4.74 Å². The van der Waals surface area contributed by atoms with Crippen LogP contribution in [0.3, 0.4) is 0 Å². The Morgan fingerprint density at radius 1 is 1.47 bits per heavy atom. The van der Waals surface area contributed by atoms with Crippen LogP contribution in [0.15, 0.2) is 17.8 Å². The number of fused-ring (bicyclic) bond motifs is 1. The number of ether oxygens (including phenoxy) is 1. The maximum atomic E-state index is 5.20. The first-order valence-corrected chi connectivity index (χ1v) is 6.34. The standard InChI is InChI=1S/C10H11N7OS/c1-16(5-7-6-19-13-10(7)18-2)8-9-12-14-15-17(9)4-3-11-8/h3-4,6H,5H2,1-2H3. The zero-order chi connectivity index (χ0) is 13.2. The Labute approximate surface area is 112 Å². The van der Waals surface area contributed by atoms with Crippen molar-refractivity contribution in [3.05, 3.63) is 23.3 Å². The molecule has 0 fully saturated rings. The molecular formula is C10H11N7OS. The largest absolute Gasteiger partial charge is 0.480 e. The van der Waals surface area contributed by atoms with Crippen LogP contribution in [0.25, 0.3) is 5.65 Å². The molecule has 0 amide bonds. The van der Waals surface area contributed by atoms with E-state index >= 15 is 0 Å². The van der Waals surface area contributed by atoms with Gasteiger partial charge >= 0.3 is 0 Å². The molecule has 0 radical (unpaired) electrons. The molecule has 0 aliphatic rings. The van der Waals surface area contributed by atoms with Crippen LogP contribution in [0.2, 0.25) is 0 Å². The second-order valence-corrected chi connectivity index (χ2v) is 4.53. The van der Waals surface area contributed by atoms with Gasteiger partial charge in [-0.25, -0.2) is 4.98 Å². The maximum Gasteiger partial charge on any atom is 0.229 e. The minimum absolute atomic E-state index is 0.618. The van der Waals surface area contributed by atoms with Crippen molar-refractivity contribution in [3.8, 4) is 5.88 Å². The third-order valence-electron chi connectivity index (χ3n) is 2.67. The van der Waals surface area contributed by atoms with Gasteiger partial charge in [0.25, 0.3) is 0 Å². The summed E-state index contributed by atoms with van der Waals surface area (Å²) in [5.41, 5.74) is 1.62. The summed E-state index contributed by atoms with van der Waals surface area (Å²) in [6, 6.07) is 0. The lowest BCUT2D eigenvalue weighted by molar-refractivity contribution is 0.397. The molecule has 0 aliphatic heterocycles. The van der Waals surface area contributed by atoms with Crippen molar-refractivity contribution in [1.82, 2.24) is 29.4 Å². The molecule has 0 atom stereocenters. The van der Waals surface area contributed by atoms with Crippen molar-refractivity contribution >= 4 is 23.0 Å². The average Bonchev–Trinajstić information content (AvgIpc) is 3.05. The Morgan fingerprint density at radius 3 is 3.21 bits per heavy atom. The van der Waals surface area contributed by atoms with Gasteiger partial charge in [-0.2, -0.15) is 8.89 Å². The van der Waals surface area contributed by atoms with Crippen molar-refractivity contribution in [2.24, 2.45) is 0 Å². The van der Waals surface area contributed by atoms with Crippen LogP contribution in [0.4, 0.5) is 5.82 Å². The van der Waals surface area contributed by atoms with E-state index in [1.54, 1.807) is 24.0 Å². The molecule has 0 aliphatic carbocycles. The van der Waals surface area contributed by atoms with Gasteiger partial charge in [0.05, 0.1) is 19.9 Å². The van der Waals surface area contributed by atoms with Crippen molar-refractivity contribution < 1.29 is 4.74 Å². The summed E-state index contributed by atoms with van der Waals surface area (Å²) in [5, 5.41) is 13.4. The minimum atomic E-state index is 0.618. The Hall–Kier alpha value is -2.29. The monoisotopic (exact) mass is 277 g/mol. The molecule has 0 aromatic carbocycles. The highest BCUT2D eigenvalue weighted by Gasteiger charge is 2.14. The predicted octanol–water partition coefficient (Wildman–Crippen LogP) is 0.621. The first-order chi connectivity index (χ1) is 9.29. The molecule has 8 nitrogen and oxygen atoms in total. The Kier molecular flexibility index (Phi) is 2.95. The molecule has 98 valence electrons. The molecule has 0 saturated carbocycles. The number of hydrogen-bond donors (Lipinski definition) is 0. The van der Waals surface area contributed by atoms with Crippen LogP contribution in [0, 0.1) is 0 Å². The highest BCUT2D eigenvalue weighted by molar-refractivity contribution is 7.03. The van der Waals surface area contributed by atoms with Crippen LogP contribution in [-0.2, 0) is 6.54 Å². The van der Waals surface area contributed by atoms with E-state index in [1.165, 1.54) is 11.5 Å². The highest BCUT2D eigenvalue weighted by atomic mass is 32.1. The number of methoxy groups -OCH3 is 1.